The smallest absolute Gasteiger partial charge is 0.334 e. The maximum Gasteiger partial charge on any atom is 0.334 e. The maximum atomic E-state index is 11.1. The van der Waals surface area contributed by atoms with Crippen LogP contribution in [-0.2, 0) is 11.2 Å². The van der Waals surface area contributed by atoms with Crippen LogP contribution in [0.15, 0.2) is 36.4 Å². The number of carbonyl (C=O) groups is 1. The SMILES string of the molecule is N[C@@](I)(Cc1cc(I)c(Oc2ccc(O)cc2)c(I)c1)C(=O)O. The Bertz CT molecular complexity index is 709. The van der Waals surface area contributed by atoms with Gasteiger partial charge in [-0.05, 0) is 110 Å². The maximum absolute atomic E-state index is 11.1. The van der Waals surface area contributed by atoms with Crippen LogP contribution in [0.3, 0.4) is 0 Å². The molecule has 2 aromatic rings. The van der Waals surface area contributed by atoms with Crippen molar-refractivity contribution < 1.29 is 19.7 Å². The Kier molecular flexibility index (Phi) is 6.35. The van der Waals surface area contributed by atoms with Crippen LogP contribution >= 0.6 is 67.8 Å². The molecule has 0 saturated carbocycles. The molecular formula is C15H12I3NO4. The number of alkyl halides is 1. The van der Waals surface area contributed by atoms with Gasteiger partial charge in [-0.25, -0.2) is 4.79 Å². The number of phenols is 1. The van der Waals surface area contributed by atoms with Gasteiger partial charge in [0.1, 0.15) is 11.5 Å². The molecule has 1 atom stereocenters. The van der Waals surface area contributed by atoms with E-state index in [-0.39, 0.29) is 12.2 Å². The summed E-state index contributed by atoms with van der Waals surface area (Å²) in [6.07, 6.45) is 0.217. The predicted octanol–water partition coefficient (Wildman–Crippen LogP) is 4.11. The zero-order chi connectivity index (χ0) is 17.2. The molecule has 0 fully saturated rings. The van der Waals surface area contributed by atoms with Gasteiger partial charge in [0.05, 0.1) is 7.14 Å². The summed E-state index contributed by atoms with van der Waals surface area (Å²) in [6, 6.07) is 10.2. The number of ether oxygens (including phenoxy) is 1. The molecule has 0 aliphatic heterocycles. The van der Waals surface area contributed by atoms with E-state index < -0.39 is 9.51 Å². The molecule has 0 aliphatic rings. The van der Waals surface area contributed by atoms with E-state index in [1.54, 1.807) is 46.9 Å². The molecule has 8 heteroatoms. The van der Waals surface area contributed by atoms with Crippen LogP contribution in [0.1, 0.15) is 5.56 Å². The van der Waals surface area contributed by atoms with Gasteiger partial charge in [-0.1, -0.05) is 0 Å². The van der Waals surface area contributed by atoms with Gasteiger partial charge < -0.3 is 20.7 Å². The van der Waals surface area contributed by atoms with Crippen LogP contribution in [0.2, 0.25) is 0 Å². The number of benzene rings is 2. The van der Waals surface area contributed by atoms with Crippen molar-refractivity contribution in [3.05, 3.63) is 49.1 Å². The third kappa shape index (κ3) is 5.06. The predicted molar refractivity (Wildman–Crippen MR) is 112 cm³/mol. The number of nitrogens with two attached hydrogens (primary N) is 1. The lowest BCUT2D eigenvalue weighted by Crippen LogP contribution is -2.43. The van der Waals surface area contributed by atoms with Crippen LogP contribution in [0.4, 0.5) is 0 Å². The van der Waals surface area contributed by atoms with Gasteiger partial charge in [0.25, 0.3) is 0 Å². The fraction of sp³-hybridized carbons (Fsp3) is 0.133. The summed E-state index contributed by atoms with van der Waals surface area (Å²) in [6.45, 7) is 0. The van der Waals surface area contributed by atoms with Crippen molar-refractivity contribution in [1.82, 2.24) is 0 Å². The summed E-state index contributed by atoms with van der Waals surface area (Å²) >= 11 is 6.03. The van der Waals surface area contributed by atoms with E-state index in [1.807, 2.05) is 12.1 Å². The van der Waals surface area contributed by atoms with Crippen molar-refractivity contribution in [2.75, 3.05) is 0 Å². The molecule has 5 nitrogen and oxygen atoms in total. The van der Waals surface area contributed by atoms with Crippen LogP contribution in [0, 0.1) is 7.14 Å². The van der Waals surface area contributed by atoms with Crippen LogP contribution < -0.4 is 10.5 Å². The number of phenolic OH excluding ortho intramolecular Hbond substituents is 1. The molecule has 0 aliphatic carbocycles. The number of halogens is 3. The zero-order valence-electron chi connectivity index (χ0n) is 11.6. The molecule has 4 N–H and O–H groups in total. The third-order valence-electron chi connectivity index (χ3n) is 2.93. The van der Waals surface area contributed by atoms with E-state index in [4.69, 9.17) is 15.6 Å². The fourth-order valence-corrected chi connectivity index (χ4v) is 4.37. The summed E-state index contributed by atoms with van der Waals surface area (Å²) in [5, 5.41) is 18.4. The minimum atomic E-state index is -1.34. The van der Waals surface area contributed by atoms with Gasteiger partial charge in [-0.2, -0.15) is 0 Å². The Balaban J connectivity index is 2.27. The number of rotatable bonds is 5. The van der Waals surface area contributed by atoms with E-state index >= 15 is 0 Å². The van der Waals surface area contributed by atoms with Gasteiger partial charge in [0.2, 0.25) is 0 Å². The van der Waals surface area contributed by atoms with E-state index in [2.05, 4.69) is 45.2 Å². The number of hydrogen-bond donors (Lipinski definition) is 3. The Labute approximate surface area is 174 Å². The zero-order valence-corrected chi connectivity index (χ0v) is 18.1. The summed E-state index contributed by atoms with van der Waals surface area (Å²) in [5.41, 5.74) is 6.62. The standard InChI is InChI=1S/C15H12I3NO4/c16-11-5-8(7-15(18,19)14(21)22)6-12(17)13(11)23-10-3-1-9(20)2-4-10/h1-6,20H,7,19H2,(H,21,22)/t15-/m0/s1. The minimum absolute atomic E-state index is 0.173. The van der Waals surface area contributed by atoms with Crippen molar-refractivity contribution in [1.29, 1.82) is 0 Å². The van der Waals surface area contributed by atoms with Crippen molar-refractivity contribution in [3.63, 3.8) is 0 Å². The molecule has 0 radical (unpaired) electrons. The molecule has 2 aromatic carbocycles. The first kappa shape index (κ1) is 19.0. The lowest BCUT2D eigenvalue weighted by molar-refractivity contribution is -0.139. The monoisotopic (exact) mass is 651 g/mol. The molecule has 2 rings (SSSR count). The van der Waals surface area contributed by atoms with E-state index in [9.17, 15) is 9.90 Å². The largest absolute Gasteiger partial charge is 0.508 e. The van der Waals surface area contributed by atoms with Crippen molar-refractivity contribution in [2.24, 2.45) is 5.73 Å². The number of carboxylic acid groups (broad SMARTS) is 1. The quantitative estimate of drug-likeness (QED) is 0.258. The van der Waals surface area contributed by atoms with Crippen molar-refractivity contribution in [2.45, 2.75) is 9.97 Å². The molecule has 0 saturated heterocycles. The summed E-state index contributed by atoms with van der Waals surface area (Å²) in [5.74, 6) is 0.422. The second-order valence-electron chi connectivity index (χ2n) is 4.83. The molecule has 23 heavy (non-hydrogen) atoms. The third-order valence-corrected chi connectivity index (χ3v) is 5.38. The first-order valence-corrected chi connectivity index (χ1v) is 9.58. The Morgan fingerprint density at radius 2 is 1.70 bits per heavy atom. The van der Waals surface area contributed by atoms with Gasteiger partial charge in [-0.15, -0.1) is 0 Å². The Morgan fingerprint density at radius 1 is 1.17 bits per heavy atom. The number of carboxylic acids is 1. The molecule has 0 amide bonds. The van der Waals surface area contributed by atoms with E-state index in [1.165, 1.54) is 0 Å². The van der Waals surface area contributed by atoms with Crippen molar-refractivity contribution in [3.8, 4) is 17.2 Å². The highest BCUT2D eigenvalue weighted by Gasteiger charge is 2.31. The highest BCUT2D eigenvalue weighted by Crippen LogP contribution is 2.34. The molecule has 0 aromatic heterocycles. The van der Waals surface area contributed by atoms with E-state index in [0.717, 1.165) is 12.7 Å². The van der Waals surface area contributed by atoms with Gasteiger partial charge in [0.15, 0.2) is 9.30 Å². The summed E-state index contributed by atoms with van der Waals surface area (Å²) in [7, 11) is 0. The number of aliphatic carboxylic acids is 1. The summed E-state index contributed by atoms with van der Waals surface area (Å²) < 4.78 is 6.22. The number of aromatic hydroxyl groups is 1. The van der Waals surface area contributed by atoms with Gasteiger partial charge >= 0.3 is 5.97 Å². The molecular weight excluding hydrogens is 639 g/mol. The van der Waals surface area contributed by atoms with Crippen molar-refractivity contribution >= 4 is 73.7 Å². The topological polar surface area (TPSA) is 92.8 Å². The first-order valence-electron chi connectivity index (χ1n) is 6.35. The minimum Gasteiger partial charge on any atom is -0.508 e. The first-order chi connectivity index (χ1) is 10.7. The summed E-state index contributed by atoms with van der Waals surface area (Å²) in [4.78, 5) is 11.1. The van der Waals surface area contributed by atoms with Gasteiger partial charge in [-0.3, -0.25) is 0 Å². The fourth-order valence-electron chi connectivity index (χ4n) is 1.82. The van der Waals surface area contributed by atoms with Crippen LogP contribution in [0.25, 0.3) is 0 Å². The highest BCUT2D eigenvalue weighted by atomic mass is 127. The second kappa shape index (κ2) is 7.70. The molecule has 122 valence electrons. The lowest BCUT2D eigenvalue weighted by Gasteiger charge is -2.18. The van der Waals surface area contributed by atoms with Crippen LogP contribution in [-0.4, -0.2) is 19.7 Å². The molecule has 0 spiro atoms. The lowest BCUT2D eigenvalue weighted by atomic mass is 10.1. The second-order valence-corrected chi connectivity index (χ2v) is 9.08. The average Bonchev–Trinajstić information content (AvgIpc) is 2.44. The normalized spacial score (nSPS) is 13.4. The average molecular weight is 651 g/mol. The van der Waals surface area contributed by atoms with Crippen LogP contribution in [0.5, 0.6) is 17.2 Å². The number of hydrogen-bond acceptors (Lipinski definition) is 4. The molecule has 0 unspecified atom stereocenters. The highest BCUT2D eigenvalue weighted by molar-refractivity contribution is 14.1. The molecule has 0 bridgehead atoms. The Hall–Kier alpha value is -0.340. The molecule has 0 heterocycles. The van der Waals surface area contributed by atoms with Gasteiger partial charge in [0, 0.05) is 6.42 Å². The Morgan fingerprint density at radius 3 is 2.17 bits per heavy atom. The van der Waals surface area contributed by atoms with E-state index in [0.29, 0.717) is 11.5 Å².